The zero-order valence-electron chi connectivity index (χ0n) is 23.5. The maximum atomic E-state index is 10.1. The topological polar surface area (TPSA) is 38.7 Å². The normalized spacial score (nSPS) is 38.8. The second-order valence-electron chi connectivity index (χ2n) is 12.1. The van der Waals surface area contributed by atoms with Crippen molar-refractivity contribution in [3.8, 4) is 0 Å². The van der Waals surface area contributed by atoms with Crippen molar-refractivity contribution in [1.29, 1.82) is 2.67 Å². The van der Waals surface area contributed by atoms with Crippen molar-refractivity contribution >= 4 is 38.0 Å². The highest BCUT2D eigenvalue weighted by Gasteiger charge is 2.57. The molecule has 2 unspecified atom stereocenters. The molecule has 0 saturated heterocycles. The molecule has 0 bridgehead atoms. The standard InChI is InChI=1S/C27H42B2O3S2/c1-17(7-6-13-25(2,3)30)21-10-11-22-20-9-8-18-15-19(31-33-28)16-24(32-34-29)27(18,5)23(20)12-14-26(21,22)4/h8-10,17,19,22-24,28-30H,6-7,11-16H2,1-5H3/t17-,19-,22?,23?,24+,26-,27+/m1/s1/i28T,29T. The summed E-state index contributed by atoms with van der Waals surface area (Å²) in [7, 11) is 2.51. The van der Waals surface area contributed by atoms with E-state index in [1.54, 1.807) is 11.1 Å². The minimum Gasteiger partial charge on any atom is -0.390 e. The predicted molar refractivity (Wildman–Crippen MR) is 149 cm³/mol. The van der Waals surface area contributed by atoms with Crippen LogP contribution in [0.3, 0.4) is 0 Å². The van der Waals surface area contributed by atoms with E-state index in [0.717, 1.165) is 68.7 Å². The minimum atomic E-state index is -0.586. The van der Waals surface area contributed by atoms with Crippen LogP contribution in [0.25, 0.3) is 0 Å². The Balaban J connectivity index is 1.55. The second-order valence-corrected chi connectivity index (χ2v) is 12.9. The van der Waals surface area contributed by atoms with Crippen molar-refractivity contribution < 1.29 is 13.5 Å². The Morgan fingerprint density at radius 3 is 2.74 bits per heavy atom. The lowest BCUT2D eigenvalue weighted by Gasteiger charge is -2.57. The summed E-state index contributed by atoms with van der Waals surface area (Å²) in [5.41, 5.74) is 4.14. The molecule has 7 heteroatoms. The summed E-state index contributed by atoms with van der Waals surface area (Å²) in [6, 6.07) is 0. The third kappa shape index (κ3) is 4.90. The van der Waals surface area contributed by atoms with Crippen molar-refractivity contribution in [1.82, 2.24) is 0 Å². The van der Waals surface area contributed by atoms with E-state index >= 15 is 0 Å². The van der Waals surface area contributed by atoms with Gasteiger partial charge in [-0.15, -0.1) is 0 Å². The van der Waals surface area contributed by atoms with Gasteiger partial charge in [0.1, 0.15) is 0 Å². The van der Waals surface area contributed by atoms with Gasteiger partial charge in [-0.3, -0.25) is 0 Å². The highest BCUT2D eigenvalue weighted by atomic mass is 32.2. The van der Waals surface area contributed by atoms with E-state index in [0.29, 0.717) is 17.8 Å². The Kier molecular flexibility index (Phi) is 7.40. The molecular formula is C27H42B2O3S2. The molecule has 2 saturated carbocycles. The molecule has 2 radical (unpaired) electrons. The largest absolute Gasteiger partial charge is 0.390 e. The van der Waals surface area contributed by atoms with Crippen LogP contribution in [-0.2, 0) is 8.37 Å². The third-order valence-electron chi connectivity index (χ3n) is 9.57. The molecule has 0 aromatic carbocycles. The van der Waals surface area contributed by atoms with E-state index in [1.165, 1.54) is 26.2 Å². The first-order chi connectivity index (χ1) is 17.0. The molecule has 0 heterocycles. The summed E-state index contributed by atoms with van der Waals surface area (Å²) in [5.74, 6) is 1.53. The fourth-order valence-electron chi connectivity index (χ4n) is 7.74. The molecule has 0 aliphatic heterocycles. The van der Waals surface area contributed by atoms with Crippen molar-refractivity contribution in [3.05, 3.63) is 34.9 Å². The zero-order valence-corrected chi connectivity index (χ0v) is 23.1. The molecule has 0 aromatic rings. The van der Waals surface area contributed by atoms with Crippen molar-refractivity contribution in [2.45, 2.75) is 104 Å². The van der Waals surface area contributed by atoms with E-state index in [4.69, 9.17) is 11.0 Å². The molecule has 4 rings (SSSR count). The molecule has 1 N–H and O–H groups in total. The number of hydrogen-bond acceptors (Lipinski definition) is 5. The van der Waals surface area contributed by atoms with Crippen LogP contribution in [0.15, 0.2) is 34.9 Å². The van der Waals surface area contributed by atoms with Crippen LogP contribution >= 0.6 is 23.8 Å². The van der Waals surface area contributed by atoms with Crippen molar-refractivity contribution in [2.24, 2.45) is 28.6 Å². The SMILES string of the molecule is [3H][B]SO[C@@H]1CC2=CC=C3C(CC[C@]4(C)C([C@H](C)CCCC(C)(C)O)=CCC34)[C@@]2(C)[C@@H](OS[B][3H])C1. The van der Waals surface area contributed by atoms with E-state index < -0.39 is 5.60 Å². The predicted octanol–water partition coefficient (Wildman–Crippen LogP) is 6.29. The Morgan fingerprint density at radius 2 is 2.00 bits per heavy atom. The first-order valence-corrected chi connectivity index (χ1v) is 14.5. The van der Waals surface area contributed by atoms with E-state index in [2.05, 4.69) is 39.0 Å². The van der Waals surface area contributed by atoms with Crippen LogP contribution in [0.4, 0.5) is 0 Å². The quantitative estimate of drug-likeness (QED) is 0.203. The fourth-order valence-corrected chi connectivity index (χ4v) is 8.46. The molecule has 34 heavy (non-hydrogen) atoms. The molecule has 186 valence electrons. The highest BCUT2D eigenvalue weighted by molar-refractivity contribution is 8.16. The fraction of sp³-hybridized carbons (Fsp3) is 0.778. The molecule has 4 aliphatic carbocycles. The summed E-state index contributed by atoms with van der Waals surface area (Å²) in [6.45, 7) is 11.1. The Labute approximate surface area is 221 Å². The minimum absolute atomic E-state index is 0.0144. The molecule has 2 fully saturated rings. The van der Waals surface area contributed by atoms with Crippen LogP contribution in [-0.4, -0.2) is 39.8 Å². The van der Waals surface area contributed by atoms with Gasteiger partial charge in [0.05, 0.1) is 17.8 Å². The van der Waals surface area contributed by atoms with Crippen molar-refractivity contribution in [2.75, 3.05) is 0 Å². The van der Waals surface area contributed by atoms with Crippen LogP contribution in [0, 0.1) is 28.6 Å². The molecule has 0 aromatic heterocycles. The van der Waals surface area contributed by atoms with Crippen LogP contribution < -0.4 is 0 Å². The third-order valence-corrected chi connectivity index (χ3v) is 10.3. The zero-order chi connectivity index (χ0) is 26.1. The molecule has 4 aliphatic rings. The van der Waals surface area contributed by atoms with Crippen molar-refractivity contribution in [3.63, 3.8) is 0 Å². The van der Waals surface area contributed by atoms with Gasteiger partial charge in [-0.2, -0.15) is 0 Å². The molecule has 7 atom stereocenters. The number of fused-ring (bicyclic) bond motifs is 5. The van der Waals surface area contributed by atoms with Crippen LogP contribution in [0.1, 0.15) is 86.0 Å². The van der Waals surface area contributed by atoms with Gasteiger partial charge in [0.15, 0.2) is 0 Å². The van der Waals surface area contributed by atoms with Gasteiger partial charge in [-0.05, 0) is 78.2 Å². The maximum Gasteiger partial charge on any atom is 0.209 e. The summed E-state index contributed by atoms with van der Waals surface area (Å²) >= 11 is 2.22. The van der Waals surface area contributed by atoms with E-state index in [9.17, 15) is 5.11 Å². The summed E-state index contributed by atoms with van der Waals surface area (Å²) in [6.07, 6.45) is 15.4. The summed E-state index contributed by atoms with van der Waals surface area (Å²) in [5, 5.41) is 10.1. The van der Waals surface area contributed by atoms with Gasteiger partial charge in [0.25, 0.3) is 0 Å². The number of hydrogen-bond donors (Lipinski definition) is 1. The van der Waals surface area contributed by atoms with Gasteiger partial charge in [0, 0.05) is 11.8 Å². The molecular weight excluding hydrogens is 458 g/mol. The maximum absolute atomic E-state index is 10.1. The summed E-state index contributed by atoms with van der Waals surface area (Å²) in [4.78, 5) is 0. The highest BCUT2D eigenvalue weighted by Crippen LogP contribution is 2.65. The number of aliphatic hydroxyl groups is 1. The lowest BCUT2D eigenvalue weighted by Crippen LogP contribution is -2.52. The Bertz CT molecular complexity index is 893. The van der Waals surface area contributed by atoms with Gasteiger partial charge >= 0.3 is 0 Å². The van der Waals surface area contributed by atoms with Gasteiger partial charge < -0.3 is 13.5 Å². The number of allylic oxidation sites excluding steroid dienone is 5. The second kappa shape index (κ2) is 10.4. The Morgan fingerprint density at radius 1 is 1.24 bits per heavy atom. The van der Waals surface area contributed by atoms with Gasteiger partial charge in [-0.25, -0.2) is 0 Å². The molecule has 0 amide bonds. The first-order valence-electron chi connectivity index (χ1n) is 14.1. The van der Waals surface area contributed by atoms with Crippen LogP contribution in [0.5, 0.6) is 0 Å². The van der Waals surface area contributed by atoms with Gasteiger partial charge in [0.2, 0.25) is 14.2 Å². The molecule has 3 nitrogen and oxygen atoms in total. The smallest absolute Gasteiger partial charge is 0.209 e. The monoisotopic (exact) mass is 504 g/mol. The lowest BCUT2D eigenvalue weighted by molar-refractivity contribution is -0.0153. The van der Waals surface area contributed by atoms with E-state index in [1.807, 2.05) is 13.8 Å². The van der Waals surface area contributed by atoms with Crippen LogP contribution in [0.2, 0.25) is 0 Å². The van der Waals surface area contributed by atoms with Gasteiger partial charge in [-0.1, -0.05) is 85.9 Å². The first kappa shape index (κ1) is 24.3. The average molecular weight is 504 g/mol. The summed E-state index contributed by atoms with van der Waals surface area (Å²) < 4.78 is 27.0. The molecule has 0 spiro atoms. The number of rotatable bonds is 11. The Hall–Kier alpha value is -0.0701. The lowest BCUT2D eigenvalue weighted by atomic mass is 9.49. The van der Waals surface area contributed by atoms with E-state index in [-0.39, 0.29) is 23.0 Å². The average Bonchev–Trinajstić information content (AvgIpc) is 3.18.